The Morgan fingerprint density at radius 3 is 2.71 bits per heavy atom. The maximum absolute atomic E-state index is 8.88. The minimum atomic E-state index is 0.487. The second kappa shape index (κ2) is 7.97. The summed E-state index contributed by atoms with van der Waals surface area (Å²) in [5, 5.41) is 11.2. The molecule has 4 heteroatoms. The number of ether oxygens (including phenoxy) is 1. The van der Waals surface area contributed by atoms with Crippen LogP contribution >= 0.6 is 11.3 Å². The molecule has 0 saturated carbocycles. The number of hydrogen-bond acceptors (Lipinski definition) is 4. The molecule has 0 aliphatic carbocycles. The highest BCUT2D eigenvalue weighted by Crippen LogP contribution is 2.30. The van der Waals surface area contributed by atoms with Gasteiger partial charge in [0, 0.05) is 5.38 Å². The van der Waals surface area contributed by atoms with E-state index >= 15 is 0 Å². The van der Waals surface area contributed by atoms with Crippen LogP contribution in [0.25, 0.3) is 0 Å². The minimum absolute atomic E-state index is 0.487. The van der Waals surface area contributed by atoms with Gasteiger partial charge in [0.25, 0.3) is 0 Å². The van der Waals surface area contributed by atoms with Gasteiger partial charge in [-0.1, -0.05) is 39.0 Å². The van der Waals surface area contributed by atoms with Crippen molar-refractivity contribution in [1.82, 2.24) is 0 Å². The van der Waals surface area contributed by atoms with Crippen LogP contribution in [-0.2, 0) is 0 Å². The third-order valence-electron chi connectivity index (χ3n) is 2.65. The molecule has 0 amide bonds. The average Bonchev–Trinajstić information content (AvgIpc) is 2.69. The average molecular weight is 252 g/mol. The van der Waals surface area contributed by atoms with Gasteiger partial charge in [-0.2, -0.15) is 5.26 Å². The molecule has 0 unspecified atom stereocenters. The molecule has 2 N–H and O–H groups in total. The van der Waals surface area contributed by atoms with E-state index in [1.165, 1.54) is 43.4 Å². The summed E-state index contributed by atoms with van der Waals surface area (Å²) >= 11 is 1.36. The van der Waals surface area contributed by atoms with Gasteiger partial charge in [-0.05, 0) is 6.42 Å². The first-order valence-electron chi connectivity index (χ1n) is 6.19. The molecule has 0 spiro atoms. The minimum Gasteiger partial charge on any atom is -0.491 e. The van der Waals surface area contributed by atoms with Crippen molar-refractivity contribution in [2.75, 3.05) is 12.3 Å². The summed E-state index contributed by atoms with van der Waals surface area (Å²) in [5.41, 5.74) is 6.14. The molecule has 0 fully saturated rings. The summed E-state index contributed by atoms with van der Waals surface area (Å²) in [6.45, 7) is 2.89. The lowest BCUT2D eigenvalue weighted by Crippen LogP contribution is -1.98. The van der Waals surface area contributed by atoms with Gasteiger partial charge in [0.05, 0.1) is 6.61 Å². The number of thiophene rings is 1. The lowest BCUT2D eigenvalue weighted by atomic mass is 10.1. The number of nitrogens with zero attached hydrogens (tertiary/aromatic N) is 1. The smallest absolute Gasteiger partial charge is 0.149 e. The molecule has 0 aliphatic rings. The first-order chi connectivity index (χ1) is 8.29. The number of unbranched alkanes of at least 4 members (excludes halogenated alkanes) is 5. The van der Waals surface area contributed by atoms with Crippen LogP contribution in [-0.4, -0.2) is 6.61 Å². The molecular formula is C13H20N2OS. The van der Waals surface area contributed by atoms with Crippen molar-refractivity contribution in [2.45, 2.75) is 45.4 Å². The summed E-state index contributed by atoms with van der Waals surface area (Å²) in [5.74, 6) is 0.642. The summed E-state index contributed by atoms with van der Waals surface area (Å²) in [7, 11) is 0. The maximum atomic E-state index is 8.88. The van der Waals surface area contributed by atoms with Gasteiger partial charge in [-0.15, -0.1) is 11.3 Å². The van der Waals surface area contributed by atoms with E-state index in [9.17, 15) is 0 Å². The molecule has 17 heavy (non-hydrogen) atoms. The fourth-order valence-corrected chi connectivity index (χ4v) is 2.32. The van der Waals surface area contributed by atoms with Crippen LogP contribution in [0, 0.1) is 11.3 Å². The van der Waals surface area contributed by atoms with Crippen molar-refractivity contribution in [3.05, 3.63) is 10.9 Å². The summed E-state index contributed by atoms with van der Waals surface area (Å²) < 4.78 is 5.56. The lowest BCUT2D eigenvalue weighted by Gasteiger charge is -2.04. The molecule has 0 bridgehead atoms. The summed E-state index contributed by atoms with van der Waals surface area (Å²) in [4.78, 5) is 0. The Kier molecular flexibility index (Phi) is 6.49. The number of rotatable bonds is 8. The zero-order chi connectivity index (χ0) is 12.5. The molecule has 0 aromatic carbocycles. The van der Waals surface area contributed by atoms with E-state index < -0.39 is 0 Å². The van der Waals surface area contributed by atoms with Crippen LogP contribution in [0.3, 0.4) is 0 Å². The standard InChI is InChI=1S/C13H20N2OS/c1-2-3-4-5-6-7-8-16-12-10-17-13(15)11(12)9-14/h10H,2-8,15H2,1H3. The normalized spacial score (nSPS) is 10.1. The predicted octanol–water partition coefficient (Wildman–Crippen LogP) is 3.94. The van der Waals surface area contributed by atoms with Crippen LogP contribution in [0.5, 0.6) is 5.75 Å². The molecule has 1 aromatic rings. The number of nitriles is 1. The Morgan fingerprint density at radius 2 is 2.00 bits per heavy atom. The quantitative estimate of drug-likeness (QED) is 0.713. The predicted molar refractivity (Wildman–Crippen MR) is 72.3 cm³/mol. The Balaban J connectivity index is 2.16. The highest BCUT2D eigenvalue weighted by atomic mass is 32.1. The lowest BCUT2D eigenvalue weighted by molar-refractivity contribution is 0.305. The zero-order valence-electron chi connectivity index (χ0n) is 10.4. The monoisotopic (exact) mass is 252 g/mol. The van der Waals surface area contributed by atoms with Crippen molar-refractivity contribution in [3.8, 4) is 11.8 Å². The Morgan fingerprint density at radius 1 is 1.29 bits per heavy atom. The maximum Gasteiger partial charge on any atom is 0.149 e. The van der Waals surface area contributed by atoms with E-state index in [0.717, 1.165) is 6.42 Å². The molecule has 0 aliphatic heterocycles. The second-order valence-corrected chi connectivity index (χ2v) is 4.98. The number of nitrogen functional groups attached to an aromatic ring is 1. The van der Waals surface area contributed by atoms with Gasteiger partial charge in [0.2, 0.25) is 0 Å². The van der Waals surface area contributed by atoms with E-state index in [-0.39, 0.29) is 0 Å². The largest absolute Gasteiger partial charge is 0.491 e. The van der Waals surface area contributed by atoms with Gasteiger partial charge in [-0.3, -0.25) is 0 Å². The van der Waals surface area contributed by atoms with E-state index in [0.29, 0.717) is 22.9 Å². The van der Waals surface area contributed by atoms with Crippen LogP contribution in [0.15, 0.2) is 5.38 Å². The third-order valence-corrected chi connectivity index (χ3v) is 3.44. The van der Waals surface area contributed by atoms with E-state index in [2.05, 4.69) is 13.0 Å². The van der Waals surface area contributed by atoms with Crippen LogP contribution in [0.2, 0.25) is 0 Å². The Bertz CT molecular complexity index is 368. The molecular weight excluding hydrogens is 232 g/mol. The van der Waals surface area contributed by atoms with E-state index in [1.54, 1.807) is 0 Å². The fraction of sp³-hybridized carbons (Fsp3) is 0.615. The van der Waals surface area contributed by atoms with Gasteiger partial charge in [-0.25, -0.2) is 0 Å². The van der Waals surface area contributed by atoms with Crippen molar-refractivity contribution < 1.29 is 4.74 Å². The second-order valence-electron chi connectivity index (χ2n) is 4.07. The summed E-state index contributed by atoms with van der Waals surface area (Å²) in [6.07, 6.45) is 7.42. The van der Waals surface area contributed by atoms with E-state index in [1.807, 2.05) is 5.38 Å². The Labute approximate surface area is 107 Å². The highest BCUT2D eigenvalue weighted by Gasteiger charge is 2.09. The molecule has 1 heterocycles. The molecule has 1 aromatic heterocycles. The molecule has 0 radical (unpaired) electrons. The van der Waals surface area contributed by atoms with Gasteiger partial charge < -0.3 is 10.5 Å². The number of hydrogen-bond donors (Lipinski definition) is 1. The molecule has 94 valence electrons. The fourth-order valence-electron chi connectivity index (χ4n) is 1.64. The van der Waals surface area contributed by atoms with E-state index in [4.69, 9.17) is 15.7 Å². The SMILES string of the molecule is CCCCCCCCOc1csc(N)c1C#N. The van der Waals surface area contributed by atoms with Gasteiger partial charge in [0.15, 0.2) is 0 Å². The number of nitrogens with two attached hydrogens (primary N) is 1. The van der Waals surface area contributed by atoms with Crippen LogP contribution < -0.4 is 10.5 Å². The third kappa shape index (κ3) is 4.66. The van der Waals surface area contributed by atoms with Gasteiger partial charge >= 0.3 is 0 Å². The van der Waals surface area contributed by atoms with Crippen molar-refractivity contribution in [3.63, 3.8) is 0 Å². The van der Waals surface area contributed by atoms with Gasteiger partial charge in [0.1, 0.15) is 22.4 Å². The first-order valence-corrected chi connectivity index (χ1v) is 7.07. The highest BCUT2D eigenvalue weighted by molar-refractivity contribution is 7.14. The van der Waals surface area contributed by atoms with Crippen molar-refractivity contribution >= 4 is 16.3 Å². The number of anilines is 1. The molecule has 0 saturated heterocycles. The molecule has 0 atom stereocenters. The van der Waals surface area contributed by atoms with Crippen molar-refractivity contribution in [1.29, 1.82) is 5.26 Å². The molecule has 3 nitrogen and oxygen atoms in total. The first kappa shape index (κ1) is 13.9. The van der Waals surface area contributed by atoms with Crippen LogP contribution in [0.1, 0.15) is 51.0 Å². The zero-order valence-corrected chi connectivity index (χ0v) is 11.2. The molecule has 1 rings (SSSR count). The summed E-state index contributed by atoms with van der Waals surface area (Å²) in [6, 6.07) is 2.07. The Hall–Kier alpha value is -1.21. The van der Waals surface area contributed by atoms with Crippen LogP contribution in [0.4, 0.5) is 5.00 Å². The van der Waals surface area contributed by atoms with Crippen molar-refractivity contribution in [2.24, 2.45) is 0 Å². The topological polar surface area (TPSA) is 59.0 Å².